The summed E-state index contributed by atoms with van der Waals surface area (Å²) in [7, 11) is 0. The van der Waals surface area contributed by atoms with Gasteiger partial charge in [0.05, 0.1) is 12.1 Å². The number of hydrogen-bond acceptors (Lipinski definition) is 7. The fourth-order valence-corrected chi connectivity index (χ4v) is 2.21. The minimum atomic E-state index is -0.519. The first-order valence-corrected chi connectivity index (χ1v) is 7.38. The molecule has 2 aromatic rings. The average molecular weight is 325 g/mol. The molecule has 1 amide bonds. The molecule has 0 saturated carbocycles. The number of aromatic nitrogens is 4. The van der Waals surface area contributed by atoms with Crippen molar-refractivity contribution in [3.63, 3.8) is 0 Å². The number of aryl methyl sites for hydroxylation is 1. The molecule has 0 atom stereocenters. The Balaban J connectivity index is 1.63. The van der Waals surface area contributed by atoms with Crippen LogP contribution in [-0.4, -0.2) is 37.3 Å². The van der Waals surface area contributed by atoms with E-state index in [1.54, 1.807) is 31.2 Å². The van der Waals surface area contributed by atoms with Gasteiger partial charge < -0.3 is 4.84 Å². The van der Waals surface area contributed by atoms with Crippen molar-refractivity contribution in [1.82, 2.24) is 25.5 Å². The molecule has 0 N–H and O–H groups in total. The van der Waals surface area contributed by atoms with Gasteiger partial charge in [-0.15, -0.1) is 25.5 Å². The summed E-state index contributed by atoms with van der Waals surface area (Å²) in [4.78, 5) is 28.6. The zero-order chi connectivity index (χ0) is 17.1. The van der Waals surface area contributed by atoms with Gasteiger partial charge in [0.15, 0.2) is 5.82 Å². The highest BCUT2D eigenvalue weighted by Crippen LogP contribution is 2.21. The second-order valence-corrected chi connectivity index (χ2v) is 5.36. The Morgan fingerprint density at radius 1 is 1.17 bits per heavy atom. The molecular weight excluding hydrogens is 310 g/mol. The highest BCUT2D eigenvalue weighted by molar-refractivity contribution is 5.82. The lowest BCUT2D eigenvalue weighted by atomic mass is 10.1. The van der Waals surface area contributed by atoms with Crippen LogP contribution in [0, 0.1) is 6.92 Å². The molecule has 2 heterocycles. The minimum absolute atomic E-state index is 0.0442. The van der Waals surface area contributed by atoms with E-state index in [2.05, 4.69) is 27.0 Å². The van der Waals surface area contributed by atoms with E-state index in [0.29, 0.717) is 30.2 Å². The molecule has 8 heteroatoms. The third-order valence-electron chi connectivity index (χ3n) is 3.47. The first-order chi connectivity index (χ1) is 11.5. The number of allylic oxidation sites excluding steroid dienone is 1. The molecule has 0 aliphatic carbocycles. The van der Waals surface area contributed by atoms with Gasteiger partial charge >= 0.3 is 5.97 Å². The Morgan fingerprint density at radius 2 is 1.83 bits per heavy atom. The number of hydroxylamine groups is 2. The zero-order valence-corrected chi connectivity index (χ0v) is 13.1. The summed E-state index contributed by atoms with van der Waals surface area (Å²) < 4.78 is 0. The summed E-state index contributed by atoms with van der Waals surface area (Å²) in [6, 6.07) is 7.08. The van der Waals surface area contributed by atoms with Crippen LogP contribution >= 0.6 is 0 Å². The van der Waals surface area contributed by atoms with Crippen LogP contribution in [0.25, 0.3) is 11.4 Å². The molecule has 0 spiro atoms. The SMILES string of the molecule is C=C1CCC(=O)N1OC(=O)Cc1ccc(-c2nnc(C)nn2)cc1. The van der Waals surface area contributed by atoms with Gasteiger partial charge in [-0.2, -0.15) is 0 Å². The van der Waals surface area contributed by atoms with Crippen molar-refractivity contribution in [2.24, 2.45) is 0 Å². The van der Waals surface area contributed by atoms with Crippen molar-refractivity contribution in [2.75, 3.05) is 0 Å². The Bertz CT molecular complexity index is 770. The molecular formula is C16H15N5O3. The van der Waals surface area contributed by atoms with Gasteiger partial charge in [-0.3, -0.25) is 4.79 Å². The van der Waals surface area contributed by atoms with Gasteiger partial charge in [-0.25, -0.2) is 4.79 Å². The molecule has 1 aliphatic rings. The molecule has 0 unspecified atom stereocenters. The topological polar surface area (TPSA) is 98.2 Å². The van der Waals surface area contributed by atoms with Crippen LogP contribution in [0.1, 0.15) is 24.2 Å². The van der Waals surface area contributed by atoms with E-state index in [1.165, 1.54) is 0 Å². The first-order valence-electron chi connectivity index (χ1n) is 7.38. The maximum Gasteiger partial charge on any atom is 0.337 e. The highest BCUT2D eigenvalue weighted by atomic mass is 16.7. The quantitative estimate of drug-likeness (QED) is 0.837. The predicted molar refractivity (Wildman–Crippen MR) is 82.8 cm³/mol. The van der Waals surface area contributed by atoms with E-state index in [-0.39, 0.29) is 12.3 Å². The molecule has 0 radical (unpaired) electrons. The van der Waals surface area contributed by atoms with Crippen LogP contribution in [0.4, 0.5) is 0 Å². The monoisotopic (exact) mass is 325 g/mol. The van der Waals surface area contributed by atoms with E-state index in [9.17, 15) is 9.59 Å². The van der Waals surface area contributed by atoms with Crippen LogP contribution in [0.3, 0.4) is 0 Å². The van der Waals surface area contributed by atoms with Crippen LogP contribution in [-0.2, 0) is 20.8 Å². The van der Waals surface area contributed by atoms with Gasteiger partial charge in [0.25, 0.3) is 5.91 Å². The molecule has 0 bridgehead atoms. The van der Waals surface area contributed by atoms with Gasteiger partial charge in [0.2, 0.25) is 5.82 Å². The number of nitrogens with zero attached hydrogens (tertiary/aromatic N) is 5. The fraction of sp³-hybridized carbons (Fsp3) is 0.250. The lowest BCUT2D eigenvalue weighted by Gasteiger charge is -2.15. The van der Waals surface area contributed by atoms with Crippen LogP contribution in [0.15, 0.2) is 36.5 Å². The second kappa shape index (κ2) is 6.53. The molecule has 122 valence electrons. The lowest BCUT2D eigenvalue weighted by Crippen LogP contribution is -2.27. The minimum Gasteiger partial charge on any atom is -0.333 e. The first kappa shape index (κ1) is 15.7. The van der Waals surface area contributed by atoms with Gasteiger partial charge in [-0.05, 0) is 18.9 Å². The number of carbonyl (C=O) groups is 2. The maximum atomic E-state index is 12.0. The Labute approximate surface area is 138 Å². The Hall–Kier alpha value is -3.16. The van der Waals surface area contributed by atoms with Crippen molar-refractivity contribution >= 4 is 11.9 Å². The summed E-state index contributed by atoms with van der Waals surface area (Å²) in [6.45, 7) is 5.41. The molecule has 1 aromatic carbocycles. The van der Waals surface area contributed by atoms with Gasteiger partial charge in [0, 0.05) is 12.0 Å². The summed E-state index contributed by atoms with van der Waals surface area (Å²) in [6.07, 6.45) is 0.876. The Morgan fingerprint density at radius 3 is 2.42 bits per heavy atom. The standard InChI is InChI=1S/C16H15N5O3/c1-10-3-8-14(22)21(10)24-15(23)9-12-4-6-13(7-5-12)16-19-17-11(2)18-20-16/h4-7H,1,3,8-9H2,2H3. The number of rotatable bonds is 4. The van der Waals surface area contributed by atoms with Crippen molar-refractivity contribution in [2.45, 2.75) is 26.2 Å². The highest BCUT2D eigenvalue weighted by Gasteiger charge is 2.28. The molecule has 1 aliphatic heterocycles. The Kier molecular flexibility index (Phi) is 4.28. The third kappa shape index (κ3) is 3.43. The van der Waals surface area contributed by atoms with Crippen molar-refractivity contribution in [3.8, 4) is 11.4 Å². The van der Waals surface area contributed by atoms with Gasteiger partial charge in [0.1, 0.15) is 0 Å². The average Bonchev–Trinajstić information content (AvgIpc) is 2.88. The summed E-state index contributed by atoms with van der Waals surface area (Å²) >= 11 is 0. The molecule has 24 heavy (non-hydrogen) atoms. The molecule has 3 rings (SSSR count). The van der Waals surface area contributed by atoms with Crippen LogP contribution in [0.2, 0.25) is 0 Å². The lowest BCUT2D eigenvalue weighted by molar-refractivity contribution is -0.186. The van der Waals surface area contributed by atoms with E-state index in [0.717, 1.165) is 16.2 Å². The maximum absolute atomic E-state index is 12.0. The van der Waals surface area contributed by atoms with Crippen LogP contribution in [0.5, 0.6) is 0 Å². The molecule has 1 aromatic heterocycles. The van der Waals surface area contributed by atoms with E-state index in [1.807, 2.05) is 0 Å². The second-order valence-electron chi connectivity index (χ2n) is 5.36. The zero-order valence-electron chi connectivity index (χ0n) is 13.1. The molecule has 8 nitrogen and oxygen atoms in total. The number of carbonyl (C=O) groups excluding carboxylic acids is 2. The third-order valence-corrected chi connectivity index (χ3v) is 3.47. The predicted octanol–water partition coefficient (Wildman–Crippen LogP) is 1.38. The van der Waals surface area contributed by atoms with E-state index in [4.69, 9.17) is 4.84 Å². The van der Waals surface area contributed by atoms with E-state index < -0.39 is 5.97 Å². The normalized spacial score (nSPS) is 14.1. The number of hydrogen-bond donors (Lipinski definition) is 0. The van der Waals surface area contributed by atoms with Crippen molar-refractivity contribution < 1.29 is 14.4 Å². The number of benzene rings is 1. The molecule has 1 saturated heterocycles. The van der Waals surface area contributed by atoms with Crippen molar-refractivity contribution in [1.29, 1.82) is 0 Å². The molecule has 1 fully saturated rings. The van der Waals surface area contributed by atoms with Crippen molar-refractivity contribution in [3.05, 3.63) is 47.9 Å². The number of amides is 1. The van der Waals surface area contributed by atoms with Gasteiger partial charge in [-0.1, -0.05) is 30.8 Å². The largest absolute Gasteiger partial charge is 0.337 e. The summed E-state index contributed by atoms with van der Waals surface area (Å²) in [5.74, 6) is 0.138. The summed E-state index contributed by atoms with van der Waals surface area (Å²) in [5.41, 5.74) is 1.99. The van der Waals surface area contributed by atoms with E-state index >= 15 is 0 Å². The summed E-state index contributed by atoms with van der Waals surface area (Å²) in [5, 5.41) is 16.6. The van der Waals surface area contributed by atoms with Crippen LogP contribution < -0.4 is 0 Å². The fourth-order valence-electron chi connectivity index (χ4n) is 2.21. The smallest absolute Gasteiger partial charge is 0.333 e.